The molecule has 11 heavy (non-hydrogen) atoms. The maximum Gasteiger partial charge on any atom is 0.404 e. The molecule has 0 heterocycles. The fraction of sp³-hybridized carbons (Fsp3) is 0.400. The van der Waals surface area contributed by atoms with Gasteiger partial charge in [-0.1, -0.05) is 0 Å². The van der Waals surface area contributed by atoms with Gasteiger partial charge in [-0.3, -0.25) is 0 Å². The first kappa shape index (κ1) is 12.2. The molecule has 0 saturated heterocycles. The van der Waals surface area contributed by atoms with Crippen molar-refractivity contribution in [3.8, 4) is 12.1 Å². The first-order valence-electron chi connectivity index (χ1n) is 2.46. The molecule has 5 nitrogen and oxygen atoms in total. The number of nitrogens with one attached hydrogen (secondary N) is 1. The maximum atomic E-state index is 9.81. The first-order valence-corrected chi connectivity index (χ1v) is 2.46. The molecule has 0 unspecified atom stereocenters. The number of nitrogens with zero attached hydrogens (tertiary/aromatic N) is 2. The second-order valence-electron chi connectivity index (χ2n) is 1.50. The molecule has 0 aliphatic heterocycles. The van der Waals surface area contributed by atoms with E-state index in [1.807, 2.05) is 5.32 Å². The minimum atomic E-state index is -1.23. The third-order valence-corrected chi connectivity index (χ3v) is 0.769. The SMILES string of the molecule is Cl.N#CC(C#N)CNC(=O)O. The third kappa shape index (κ3) is 6.42. The van der Waals surface area contributed by atoms with Crippen LogP contribution in [0.15, 0.2) is 0 Å². The van der Waals surface area contributed by atoms with Crippen molar-refractivity contribution in [3.05, 3.63) is 0 Å². The summed E-state index contributed by atoms with van der Waals surface area (Å²) < 4.78 is 0. The third-order valence-electron chi connectivity index (χ3n) is 0.769. The molecule has 0 rings (SSSR count). The van der Waals surface area contributed by atoms with E-state index in [1.165, 1.54) is 0 Å². The smallest absolute Gasteiger partial charge is 0.404 e. The van der Waals surface area contributed by atoms with E-state index >= 15 is 0 Å². The van der Waals surface area contributed by atoms with E-state index < -0.39 is 12.0 Å². The molecule has 0 atom stereocenters. The molecule has 0 radical (unpaired) electrons. The van der Waals surface area contributed by atoms with Gasteiger partial charge in [0.25, 0.3) is 0 Å². The number of carbonyl (C=O) groups is 1. The van der Waals surface area contributed by atoms with Crippen molar-refractivity contribution in [1.29, 1.82) is 10.5 Å². The van der Waals surface area contributed by atoms with Crippen LogP contribution >= 0.6 is 12.4 Å². The molecule has 0 fully saturated rings. The monoisotopic (exact) mass is 175 g/mol. The lowest BCUT2D eigenvalue weighted by Crippen LogP contribution is -2.26. The minimum absolute atomic E-state index is 0. The summed E-state index contributed by atoms with van der Waals surface area (Å²) in [6.07, 6.45) is -1.23. The van der Waals surface area contributed by atoms with Gasteiger partial charge >= 0.3 is 6.09 Å². The van der Waals surface area contributed by atoms with Crippen LogP contribution in [0.4, 0.5) is 4.79 Å². The molecule has 0 spiro atoms. The average molecular weight is 176 g/mol. The predicted molar refractivity (Wildman–Crippen MR) is 38.0 cm³/mol. The summed E-state index contributed by atoms with van der Waals surface area (Å²) in [5.41, 5.74) is 0. The summed E-state index contributed by atoms with van der Waals surface area (Å²) in [4.78, 5) is 9.81. The van der Waals surface area contributed by atoms with Crippen LogP contribution in [0.5, 0.6) is 0 Å². The summed E-state index contributed by atoms with van der Waals surface area (Å²) in [6.45, 7) is -0.137. The zero-order chi connectivity index (χ0) is 7.98. The second-order valence-corrected chi connectivity index (χ2v) is 1.50. The van der Waals surface area contributed by atoms with Gasteiger partial charge in [0.2, 0.25) is 0 Å². The molecule has 0 saturated carbocycles. The second kappa shape index (κ2) is 6.66. The van der Waals surface area contributed by atoms with Gasteiger partial charge in [0.05, 0.1) is 12.1 Å². The maximum absolute atomic E-state index is 9.81. The fourth-order valence-electron chi connectivity index (χ4n) is 0.310. The zero-order valence-corrected chi connectivity index (χ0v) is 6.26. The molecule has 0 aliphatic rings. The number of halogens is 1. The predicted octanol–water partition coefficient (Wildman–Crippen LogP) is 0.339. The van der Waals surface area contributed by atoms with E-state index in [9.17, 15) is 4.79 Å². The minimum Gasteiger partial charge on any atom is -0.465 e. The van der Waals surface area contributed by atoms with Gasteiger partial charge in [0.15, 0.2) is 5.92 Å². The number of hydrogen-bond donors (Lipinski definition) is 2. The highest BCUT2D eigenvalue weighted by molar-refractivity contribution is 5.85. The van der Waals surface area contributed by atoms with Crippen LogP contribution in [0.25, 0.3) is 0 Å². The van der Waals surface area contributed by atoms with Gasteiger partial charge in [-0.25, -0.2) is 4.79 Å². The molecular formula is C5H6ClN3O2. The van der Waals surface area contributed by atoms with Crippen LogP contribution in [-0.4, -0.2) is 17.7 Å². The molecule has 0 aromatic rings. The Morgan fingerprint density at radius 2 is 2.00 bits per heavy atom. The van der Waals surface area contributed by atoms with Crippen LogP contribution < -0.4 is 5.32 Å². The van der Waals surface area contributed by atoms with E-state index in [1.54, 1.807) is 12.1 Å². The molecule has 0 aromatic carbocycles. The van der Waals surface area contributed by atoms with E-state index in [-0.39, 0.29) is 19.0 Å². The summed E-state index contributed by atoms with van der Waals surface area (Å²) >= 11 is 0. The highest BCUT2D eigenvalue weighted by atomic mass is 35.5. The van der Waals surface area contributed by atoms with E-state index in [0.29, 0.717) is 0 Å². The molecule has 0 bridgehead atoms. The lowest BCUT2D eigenvalue weighted by molar-refractivity contribution is 0.194. The molecule has 6 heteroatoms. The Bertz CT molecular complexity index is 191. The molecule has 0 aliphatic carbocycles. The Labute approximate surface area is 69.6 Å². The summed E-state index contributed by atoms with van der Waals surface area (Å²) in [5, 5.41) is 26.2. The van der Waals surface area contributed by atoms with Crippen LogP contribution in [0.2, 0.25) is 0 Å². The molecule has 0 aromatic heterocycles. The Kier molecular flexibility index (Phi) is 7.41. The molecule has 1 amide bonds. The normalized spacial score (nSPS) is 7.18. The quantitative estimate of drug-likeness (QED) is 0.632. The van der Waals surface area contributed by atoms with E-state index in [4.69, 9.17) is 15.6 Å². The van der Waals surface area contributed by atoms with Crippen molar-refractivity contribution in [2.75, 3.05) is 6.54 Å². The Hall–Kier alpha value is -1.46. The summed E-state index contributed by atoms with van der Waals surface area (Å²) in [6, 6.07) is 3.24. The van der Waals surface area contributed by atoms with Gasteiger partial charge in [0.1, 0.15) is 0 Å². The van der Waals surface area contributed by atoms with Crippen molar-refractivity contribution in [2.24, 2.45) is 5.92 Å². The van der Waals surface area contributed by atoms with E-state index in [2.05, 4.69) is 0 Å². The Morgan fingerprint density at radius 3 is 2.27 bits per heavy atom. The number of hydrogen-bond acceptors (Lipinski definition) is 3. The van der Waals surface area contributed by atoms with Gasteiger partial charge in [-0.2, -0.15) is 10.5 Å². The number of nitriles is 2. The van der Waals surface area contributed by atoms with Gasteiger partial charge < -0.3 is 10.4 Å². The molecule has 60 valence electrons. The number of rotatable bonds is 2. The van der Waals surface area contributed by atoms with E-state index in [0.717, 1.165) is 0 Å². The molecule has 2 N–H and O–H groups in total. The first-order chi connectivity index (χ1) is 4.70. The van der Waals surface area contributed by atoms with Crippen molar-refractivity contribution < 1.29 is 9.90 Å². The van der Waals surface area contributed by atoms with Crippen LogP contribution in [0.1, 0.15) is 0 Å². The Morgan fingerprint density at radius 1 is 1.55 bits per heavy atom. The topological polar surface area (TPSA) is 96.9 Å². The van der Waals surface area contributed by atoms with Crippen molar-refractivity contribution in [2.45, 2.75) is 0 Å². The zero-order valence-electron chi connectivity index (χ0n) is 5.44. The van der Waals surface area contributed by atoms with Gasteiger partial charge in [-0.05, 0) is 0 Å². The fourth-order valence-corrected chi connectivity index (χ4v) is 0.310. The lowest BCUT2D eigenvalue weighted by atomic mass is 10.2. The summed E-state index contributed by atoms with van der Waals surface area (Å²) in [5.74, 6) is -0.893. The number of amides is 1. The average Bonchev–Trinajstić information content (AvgIpc) is 1.90. The molecular weight excluding hydrogens is 170 g/mol. The largest absolute Gasteiger partial charge is 0.465 e. The van der Waals surface area contributed by atoms with Crippen LogP contribution in [0, 0.1) is 28.6 Å². The highest BCUT2D eigenvalue weighted by Crippen LogP contribution is 1.86. The lowest BCUT2D eigenvalue weighted by Gasteiger charge is -1.97. The Balaban J connectivity index is 0. The van der Waals surface area contributed by atoms with Gasteiger partial charge in [0, 0.05) is 6.54 Å². The number of carboxylic acid groups (broad SMARTS) is 1. The van der Waals surface area contributed by atoms with Crippen molar-refractivity contribution in [1.82, 2.24) is 5.32 Å². The van der Waals surface area contributed by atoms with Crippen molar-refractivity contribution in [3.63, 3.8) is 0 Å². The highest BCUT2D eigenvalue weighted by Gasteiger charge is 2.05. The van der Waals surface area contributed by atoms with Crippen LogP contribution in [0.3, 0.4) is 0 Å². The van der Waals surface area contributed by atoms with Crippen molar-refractivity contribution >= 4 is 18.5 Å². The van der Waals surface area contributed by atoms with Gasteiger partial charge in [-0.15, -0.1) is 12.4 Å². The standard InChI is InChI=1S/C5H5N3O2.ClH/c6-1-4(2-7)3-8-5(9)10;/h4,8H,3H2,(H,9,10);1H. The van der Waals surface area contributed by atoms with Crippen LogP contribution in [-0.2, 0) is 0 Å². The summed E-state index contributed by atoms with van der Waals surface area (Å²) in [7, 11) is 0.